The zero-order chi connectivity index (χ0) is 13.8. The van der Waals surface area contributed by atoms with Crippen molar-refractivity contribution in [1.29, 1.82) is 0 Å². The van der Waals surface area contributed by atoms with Gasteiger partial charge in [-0.2, -0.15) is 0 Å². The largest absolute Gasteiger partial charge is 0.435 e. The van der Waals surface area contributed by atoms with Crippen LogP contribution in [0.5, 0.6) is 11.6 Å². The Kier molecular flexibility index (Phi) is 4.01. The fourth-order valence-corrected chi connectivity index (χ4v) is 1.54. The first-order chi connectivity index (χ1) is 9.10. The van der Waals surface area contributed by atoms with Gasteiger partial charge in [0, 0.05) is 18.2 Å². The Labute approximate surface area is 108 Å². The fourth-order valence-electron chi connectivity index (χ4n) is 1.54. The molecular formula is C13H11F3N2O. The highest BCUT2D eigenvalue weighted by molar-refractivity contribution is 5.33. The third-order valence-corrected chi connectivity index (χ3v) is 2.36. The number of hydrogen-bond acceptors (Lipinski definition) is 3. The summed E-state index contributed by atoms with van der Waals surface area (Å²) in [6.07, 6.45) is 0.950. The summed E-state index contributed by atoms with van der Waals surface area (Å²) in [5, 5.41) is 2.81. The average molecular weight is 268 g/mol. The molecule has 0 fully saturated rings. The lowest BCUT2D eigenvalue weighted by Gasteiger charge is -2.10. The minimum absolute atomic E-state index is 0.0280. The summed E-state index contributed by atoms with van der Waals surface area (Å²) >= 11 is 0. The van der Waals surface area contributed by atoms with Gasteiger partial charge in [0.05, 0.1) is 6.20 Å². The highest BCUT2D eigenvalue weighted by atomic mass is 19.1. The zero-order valence-electron chi connectivity index (χ0n) is 10.1. The van der Waals surface area contributed by atoms with E-state index in [-0.39, 0.29) is 18.2 Å². The van der Waals surface area contributed by atoms with Gasteiger partial charge in [-0.05, 0) is 25.2 Å². The Morgan fingerprint density at radius 1 is 1.16 bits per heavy atom. The second-order valence-corrected chi connectivity index (χ2v) is 3.82. The first kappa shape index (κ1) is 13.4. The quantitative estimate of drug-likeness (QED) is 0.925. The maximum atomic E-state index is 13.4. The molecule has 2 rings (SSSR count). The SMILES string of the molecule is CNCc1cc(F)cnc1Oc1cc(F)ccc1F. The average Bonchev–Trinajstić information content (AvgIpc) is 2.37. The molecule has 0 atom stereocenters. The molecule has 0 aliphatic carbocycles. The molecule has 0 saturated heterocycles. The van der Waals surface area contributed by atoms with Crippen LogP contribution in [0.4, 0.5) is 13.2 Å². The molecule has 0 unspecified atom stereocenters. The number of hydrogen-bond donors (Lipinski definition) is 1. The Morgan fingerprint density at radius 3 is 2.68 bits per heavy atom. The predicted octanol–water partition coefficient (Wildman–Crippen LogP) is 3.01. The van der Waals surface area contributed by atoms with Gasteiger partial charge in [-0.3, -0.25) is 0 Å². The molecule has 1 aromatic carbocycles. The molecule has 6 heteroatoms. The van der Waals surface area contributed by atoms with Crippen molar-refractivity contribution in [3.63, 3.8) is 0 Å². The van der Waals surface area contributed by atoms with Crippen LogP contribution in [-0.4, -0.2) is 12.0 Å². The van der Waals surface area contributed by atoms with E-state index in [0.717, 1.165) is 24.4 Å². The van der Waals surface area contributed by atoms with Crippen LogP contribution in [0.3, 0.4) is 0 Å². The summed E-state index contributed by atoms with van der Waals surface area (Å²) in [6, 6.07) is 4.06. The normalized spacial score (nSPS) is 10.5. The molecule has 2 aromatic rings. The van der Waals surface area contributed by atoms with Gasteiger partial charge in [0.25, 0.3) is 0 Å². The maximum absolute atomic E-state index is 13.4. The molecule has 0 spiro atoms. The summed E-state index contributed by atoms with van der Waals surface area (Å²) in [5.74, 6) is -2.15. The summed E-state index contributed by atoms with van der Waals surface area (Å²) in [5.41, 5.74) is 0.408. The second-order valence-electron chi connectivity index (χ2n) is 3.82. The third-order valence-electron chi connectivity index (χ3n) is 2.36. The molecule has 0 aliphatic rings. The number of nitrogens with zero attached hydrogens (tertiary/aromatic N) is 1. The molecule has 0 amide bonds. The van der Waals surface area contributed by atoms with Gasteiger partial charge in [0.1, 0.15) is 11.6 Å². The third kappa shape index (κ3) is 3.23. The van der Waals surface area contributed by atoms with E-state index in [2.05, 4.69) is 10.3 Å². The standard InChI is InChI=1S/C13H11F3N2O/c1-17-6-8-4-10(15)7-18-13(8)19-12-5-9(14)2-3-11(12)16/h2-5,7,17H,6H2,1H3. The van der Waals surface area contributed by atoms with Crippen LogP contribution in [0.15, 0.2) is 30.5 Å². The smallest absolute Gasteiger partial charge is 0.224 e. The van der Waals surface area contributed by atoms with E-state index in [1.807, 2.05) is 0 Å². The van der Waals surface area contributed by atoms with E-state index in [4.69, 9.17) is 4.74 Å². The molecule has 3 nitrogen and oxygen atoms in total. The lowest BCUT2D eigenvalue weighted by Crippen LogP contribution is -2.08. The summed E-state index contributed by atoms with van der Waals surface area (Å²) < 4.78 is 44.7. The number of benzene rings is 1. The molecule has 1 aromatic heterocycles. The maximum Gasteiger partial charge on any atom is 0.224 e. The van der Waals surface area contributed by atoms with Gasteiger partial charge in [0.15, 0.2) is 11.6 Å². The van der Waals surface area contributed by atoms with Crippen LogP contribution >= 0.6 is 0 Å². The van der Waals surface area contributed by atoms with E-state index in [0.29, 0.717) is 5.56 Å². The Morgan fingerprint density at radius 2 is 1.95 bits per heavy atom. The summed E-state index contributed by atoms with van der Waals surface area (Å²) in [4.78, 5) is 3.74. The van der Waals surface area contributed by atoms with E-state index in [9.17, 15) is 13.2 Å². The minimum atomic E-state index is -0.720. The first-order valence-corrected chi connectivity index (χ1v) is 5.52. The van der Waals surface area contributed by atoms with Crippen LogP contribution in [0, 0.1) is 17.5 Å². The first-order valence-electron chi connectivity index (χ1n) is 5.52. The van der Waals surface area contributed by atoms with Crippen molar-refractivity contribution in [1.82, 2.24) is 10.3 Å². The summed E-state index contributed by atoms with van der Waals surface area (Å²) in [6.45, 7) is 0.289. The van der Waals surface area contributed by atoms with Crippen molar-refractivity contribution >= 4 is 0 Å². The van der Waals surface area contributed by atoms with E-state index in [1.165, 1.54) is 6.07 Å². The van der Waals surface area contributed by atoms with E-state index >= 15 is 0 Å². The van der Waals surface area contributed by atoms with Crippen molar-refractivity contribution in [2.24, 2.45) is 0 Å². The Bertz CT molecular complexity index is 590. The Balaban J connectivity index is 2.34. The molecular weight excluding hydrogens is 257 g/mol. The number of nitrogens with one attached hydrogen (secondary N) is 1. The molecule has 0 saturated carbocycles. The van der Waals surface area contributed by atoms with Crippen LogP contribution < -0.4 is 10.1 Å². The minimum Gasteiger partial charge on any atom is -0.435 e. The number of rotatable bonds is 4. The lowest BCUT2D eigenvalue weighted by molar-refractivity contribution is 0.414. The molecule has 1 N–H and O–H groups in total. The zero-order valence-corrected chi connectivity index (χ0v) is 10.1. The van der Waals surface area contributed by atoms with Crippen LogP contribution in [-0.2, 0) is 6.54 Å². The fraction of sp³-hybridized carbons (Fsp3) is 0.154. The Hall–Kier alpha value is -2.08. The van der Waals surface area contributed by atoms with Gasteiger partial charge in [-0.15, -0.1) is 0 Å². The molecule has 1 heterocycles. The van der Waals surface area contributed by atoms with Gasteiger partial charge in [-0.25, -0.2) is 18.2 Å². The number of pyridine rings is 1. The van der Waals surface area contributed by atoms with Crippen molar-refractivity contribution in [2.75, 3.05) is 7.05 Å². The highest BCUT2D eigenvalue weighted by Gasteiger charge is 2.11. The van der Waals surface area contributed by atoms with Crippen LogP contribution in [0.25, 0.3) is 0 Å². The second kappa shape index (κ2) is 5.71. The van der Waals surface area contributed by atoms with Gasteiger partial charge in [0.2, 0.25) is 5.88 Å². The number of aromatic nitrogens is 1. The molecule has 100 valence electrons. The topological polar surface area (TPSA) is 34.2 Å². The van der Waals surface area contributed by atoms with Gasteiger partial charge in [-0.1, -0.05) is 0 Å². The van der Waals surface area contributed by atoms with Gasteiger partial charge >= 0.3 is 0 Å². The van der Waals surface area contributed by atoms with E-state index in [1.54, 1.807) is 7.05 Å². The monoisotopic (exact) mass is 268 g/mol. The van der Waals surface area contributed by atoms with E-state index < -0.39 is 17.5 Å². The summed E-state index contributed by atoms with van der Waals surface area (Å²) in [7, 11) is 1.66. The molecule has 0 aliphatic heterocycles. The number of halogens is 3. The van der Waals surface area contributed by atoms with Gasteiger partial charge < -0.3 is 10.1 Å². The molecule has 0 bridgehead atoms. The van der Waals surface area contributed by atoms with Crippen LogP contribution in [0.2, 0.25) is 0 Å². The van der Waals surface area contributed by atoms with Crippen molar-refractivity contribution in [3.05, 3.63) is 53.5 Å². The van der Waals surface area contributed by atoms with Crippen LogP contribution in [0.1, 0.15) is 5.56 Å². The number of ether oxygens (including phenoxy) is 1. The molecule has 19 heavy (non-hydrogen) atoms. The molecule has 0 radical (unpaired) electrons. The van der Waals surface area contributed by atoms with Crippen molar-refractivity contribution in [3.8, 4) is 11.6 Å². The lowest BCUT2D eigenvalue weighted by atomic mass is 10.2. The van der Waals surface area contributed by atoms with Crippen molar-refractivity contribution < 1.29 is 17.9 Å². The predicted molar refractivity (Wildman–Crippen MR) is 63.4 cm³/mol. The van der Waals surface area contributed by atoms with Crippen molar-refractivity contribution in [2.45, 2.75) is 6.54 Å². The highest BCUT2D eigenvalue weighted by Crippen LogP contribution is 2.26.